The summed E-state index contributed by atoms with van der Waals surface area (Å²) >= 11 is 0. The van der Waals surface area contributed by atoms with E-state index in [-0.39, 0.29) is 24.3 Å². The summed E-state index contributed by atoms with van der Waals surface area (Å²) in [7, 11) is 3.76. The summed E-state index contributed by atoms with van der Waals surface area (Å²) in [5.41, 5.74) is 8.37. The van der Waals surface area contributed by atoms with Gasteiger partial charge in [-0.2, -0.15) is 0 Å². The summed E-state index contributed by atoms with van der Waals surface area (Å²) in [6.45, 7) is 1.95. The SMILES string of the molecule is CN(C)c1ncc(-c2cccc(C(N)=O)c2)c([C@H]2CCN(C(=O)CN3CCCC3=O)C2)n1. The summed E-state index contributed by atoms with van der Waals surface area (Å²) < 4.78 is 0. The summed E-state index contributed by atoms with van der Waals surface area (Å²) in [6.07, 6.45) is 3.88. The molecule has 2 saturated heterocycles. The Morgan fingerprint density at radius 3 is 2.75 bits per heavy atom. The van der Waals surface area contributed by atoms with Gasteiger partial charge in [0, 0.05) is 63.4 Å². The third kappa shape index (κ3) is 4.42. The highest BCUT2D eigenvalue weighted by Gasteiger charge is 2.32. The zero-order valence-electron chi connectivity index (χ0n) is 18.5. The normalized spacial score (nSPS) is 18.3. The van der Waals surface area contributed by atoms with Crippen LogP contribution in [-0.4, -0.2) is 77.8 Å². The number of aromatic nitrogens is 2. The molecule has 9 nitrogen and oxygen atoms in total. The highest BCUT2D eigenvalue weighted by molar-refractivity contribution is 5.94. The van der Waals surface area contributed by atoms with Crippen molar-refractivity contribution < 1.29 is 14.4 Å². The lowest BCUT2D eigenvalue weighted by atomic mass is 9.95. The van der Waals surface area contributed by atoms with Gasteiger partial charge >= 0.3 is 0 Å². The fraction of sp³-hybridized carbons (Fsp3) is 0.435. The second-order valence-corrected chi connectivity index (χ2v) is 8.55. The van der Waals surface area contributed by atoms with Gasteiger partial charge in [-0.05, 0) is 30.5 Å². The molecule has 0 radical (unpaired) electrons. The van der Waals surface area contributed by atoms with Crippen molar-refractivity contribution in [3.63, 3.8) is 0 Å². The van der Waals surface area contributed by atoms with Crippen LogP contribution in [0, 0.1) is 0 Å². The van der Waals surface area contributed by atoms with Crippen LogP contribution in [0.4, 0.5) is 5.95 Å². The van der Waals surface area contributed by atoms with Crippen LogP contribution in [0.1, 0.15) is 41.2 Å². The Labute approximate surface area is 187 Å². The van der Waals surface area contributed by atoms with Crippen molar-refractivity contribution in [2.24, 2.45) is 5.73 Å². The van der Waals surface area contributed by atoms with Gasteiger partial charge in [-0.3, -0.25) is 14.4 Å². The highest BCUT2D eigenvalue weighted by atomic mass is 16.2. The number of anilines is 1. The number of benzene rings is 1. The monoisotopic (exact) mass is 436 g/mol. The third-order valence-electron chi connectivity index (χ3n) is 6.09. The minimum Gasteiger partial charge on any atom is -0.366 e. The van der Waals surface area contributed by atoms with Crippen LogP contribution >= 0.6 is 0 Å². The van der Waals surface area contributed by atoms with Gasteiger partial charge in [0.2, 0.25) is 23.7 Å². The van der Waals surface area contributed by atoms with E-state index >= 15 is 0 Å². The van der Waals surface area contributed by atoms with E-state index in [1.165, 1.54) is 0 Å². The molecule has 9 heteroatoms. The number of rotatable bonds is 6. The molecule has 4 rings (SSSR count). The van der Waals surface area contributed by atoms with Gasteiger partial charge in [0.05, 0.1) is 12.2 Å². The number of amides is 3. The van der Waals surface area contributed by atoms with Crippen LogP contribution in [0.5, 0.6) is 0 Å². The molecule has 0 saturated carbocycles. The number of hydrogen-bond acceptors (Lipinski definition) is 6. The maximum absolute atomic E-state index is 12.8. The molecule has 168 valence electrons. The Kier molecular flexibility index (Phi) is 6.07. The molecule has 0 aliphatic carbocycles. The van der Waals surface area contributed by atoms with Crippen molar-refractivity contribution in [3.8, 4) is 11.1 Å². The van der Waals surface area contributed by atoms with Crippen molar-refractivity contribution in [1.29, 1.82) is 0 Å². The number of likely N-dealkylation sites (tertiary alicyclic amines) is 2. The van der Waals surface area contributed by atoms with Crippen LogP contribution in [0.2, 0.25) is 0 Å². The maximum atomic E-state index is 12.8. The molecule has 0 bridgehead atoms. The van der Waals surface area contributed by atoms with Gasteiger partial charge in [-0.1, -0.05) is 12.1 Å². The number of carbonyl (C=O) groups excluding carboxylic acids is 3. The Balaban J connectivity index is 1.60. The summed E-state index contributed by atoms with van der Waals surface area (Å²) in [5.74, 6) is 0.150. The van der Waals surface area contributed by atoms with Crippen molar-refractivity contribution in [2.45, 2.75) is 25.2 Å². The van der Waals surface area contributed by atoms with Crippen molar-refractivity contribution in [3.05, 3.63) is 41.7 Å². The molecule has 3 heterocycles. The predicted molar refractivity (Wildman–Crippen MR) is 120 cm³/mol. The minimum atomic E-state index is -0.492. The van der Waals surface area contributed by atoms with Gasteiger partial charge in [-0.25, -0.2) is 9.97 Å². The molecule has 2 fully saturated rings. The van der Waals surface area contributed by atoms with Gasteiger partial charge in [0.1, 0.15) is 0 Å². The van der Waals surface area contributed by atoms with E-state index in [1.807, 2.05) is 30.0 Å². The Hall–Kier alpha value is -3.49. The molecule has 1 aromatic heterocycles. The minimum absolute atomic E-state index is 0.0260. The molecule has 32 heavy (non-hydrogen) atoms. The number of nitrogens with zero attached hydrogens (tertiary/aromatic N) is 5. The average molecular weight is 437 g/mol. The average Bonchev–Trinajstić information content (AvgIpc) is 3.43. The second-order valence-electron chi connectivity index (χ2n) is 8.55. The number of nitrogens with two attached hydrogens (primary N) is 1. The zero-order chi connectivity index (χ0) is 22.8. The molecular weight excluding hydrogens is 408 g/mol. The summed E-state index contributed by atoms with van der Waals surface area (Å²) in [4.78, 5) is 50.9. The molecule has 2 aliphatic rings. The van der Waals surface area contributed by atoms with E-state index in [1.54, 1.807) is 29.3 Å². The van der Waals surface area contributed by atoms with Crippen molar-refractivity contribution in [1.82, 2.24) is 19.8 Å². The third-order valence-corrected chi connectivity index (χ3v) is 6.09. The van der Waals surface area contributed by atoms with Crippen molar-refractivity contribution in [2.75, 3.05) is 45.2 Å². The molecular formula is C23H28N6O3. The van der Waals surface area contributed by atoms with Gasteiger partial charge in [0.25, 0.3) is 0 Å². The lowest BCUT2D eigenvalue weighted by Gasteiger charge is -2.22. The Morgan fingerprint density at radius 2 is 2.06 bits per heavy atom. The number of carbonyl (C=O) groups is 3. The van der Waals surface area contributed by atoms with E-state index in [9.17, 15) is 14.4 Å². The maximum Gasteiger partial charge on any atom is 0.248 e. The first-order valence-electron chi connectivity index (χ1n) is 10.8. The summed E-state index contributed by atoms with van der Waals surface area (Å²) in [5, 5.41) is 0. The predicted octanol–water partition coefficient (Wildman–Crippen LogP) is 1.25. The molecule has 3 amide bonds. The standard InChI is InChI=1S/C23H28N6O3/c1-27(2)23-25-12-18(15-5-3-6-16(11-15)22(24)32)21(26-23)17-8-10-29(13-17)20(31)14-28-9-4-7-19(28)30/h3,5-6,11-12,17H,4,7-10,13-14H2,1-2H3,(H2,24,32)/t17-/m0/s1. The molecule has 0 unspecified atom stereocenters. The molecule has 0 spiro atoms. The molecule has 2 N–H and O–H groups in total. The fourth-order valence-electron chi connectivity index (χ4n) is 4.32. The fourth-order valence-corrected chi connectivity index (χ4v) is 4.32. The van der Waals surface area contributed by atoms with Crippen LogP contribution < -0.4 is 10.6 Å². The van der Waals surface area contributed by atoms with Crippen LogP contribution in [0.15, 0.2) is 30.5 Å². The van der Waals surface area contributed by atoms with E-state index in [4.69, 9.17) is 10.7 Å². The Morgan fingerprint density at radius 1 is 1.25 bits per heavy atom. The quantitative estimate of drug-likeness (QED) is 0.729. The second kappa shape index (κ2) is 8.94. The van der Waals surface area contributed by atoms with Crippen LogP contribution in [-0.2, 0) is 9.59 Å². The lowest BCUT2D eigenvalue weighted by Crippen LogP contribution is -2.39. The topological polar surface area (TPSA) is 113 Å². The summed E-state index contributed by atoms with van der Waals surface area (Å²) in [6, 6.07) is 7.12. The van der Waals surface area contributed by atoms with Crippen LogP contribution in [0.3, 0.4) is 0 Å². The van der Waals surface area contributed by atoms with E-state index < -0.39 is 5.91 Å². The first kappa shape index (κ1) is 21.7. The zero-order valence-corrected chi connectivity index (χ0v) is 18.5. The molecule has 1 aromatic carbocycles. The van der Waals surface area contributed by atoms with Crippen LogP contribution in [0.25, 0.3) is 11.1 Å². The molecule has 1 atom stereocenters. The highest BCUT2D eigenvalue weighted by Crippen LogP contribution is 2.34. The first-order chi connectivity index (χ1) is 15.3. The number of hydrogen-bond donors (Lipinski definition) is 1. The number of primary amides is 1. The molecule has 2 aromatic rings. The van der Waals surface area contributed by atoms with E-state index in [0.717, 1.165) is 29.7 Å². The first-order valence-corrected chi connectivity index (χ1v) is 10.8. The Bertz CT molecular complexity index is 1050. The van der Waals surface area contributed by atoms with Gasteiger partial charge < -0.3 is 20.4 Å². The van der Waals surface area contributed by atoms with Crippen molar-refractivity contribution >= 4 is 23.7 Å². The van der Waals surface area contributed by atoms with Gasteiger partial charge in [0.15, 0.2) is 0 Å². The smallest absolute Gasteiger partial charge is 0.248 e. The van der Waals surface area contributed by atoms with E-state index in [0.29, 0.717) is 37.6 Å². The largest absolute Gasteiger partial charge is 0.366 e. The molecule has 2 aliphatic heterocycles. The lowest BCUT2D eigenvalue weighted by molar-refractivity contribution is -0.137. The van der Waals surface area contributed by atoms with Gasteiger partial charge in [-0.15, -0.1) is 0 Å². The van der Waals surface area contributed by atoms with E-state index in [2.05, 4.69) is 4.98 Å².